The Bertz CT molecular complexity index is 689. The maximum Gasteiger partial charge on any atom is 0.336 e. The summed E-state index contributed by atoms with van der Waals surface area (Å²) in [5.41, 5.74) is 3.11. The first-order chi connectivity index (χ1) is 8.74. The molecule has 1 aliphatic rings. The summed E-state index contributed by atoms with van der Waals surface area (Å²) in [6.45, 7) is 0. The number of fused-ring (bicyclic) bond motifs is 3. The molecule has 0 radical (unpaired) electrons. The van der Waals surface area contributed by atoms with Gasteiger partial charge in [0.15, 0.2) is 0 Å². The zero-order valence-corrected chi connectivity index (χ0v) is 9.25. The number of nitrogens with zero attached hydrogens (tertiary/aromatic N) is 1. The van der Waals surface area contributed by atoms with Crippen LogP contribution in [0.5, 0.6) is 0 Å². The fourth-order valence-corrected chi connectivity index (χ4v) is 2.37. The number of carboxylic acids is 1. The molecule has 4 nitrogen and oxygen atoms in total. The van der Waals surface area contributed by atoms with E-state index >= 15 is 0 Å². The molecule has 0 bridgehead atoms. The van der Waals surface area contributed by atoms with Gasteiger partial charge in [0.05, 0.1) is 11.3 Å². The minimum Gasteiger partial charge on any atom is -0.791 e. The summed E-state index contributed by atoms with van der Waals surface area (Å²) in [7, 11) is 0. The Balaban J connectivity index is 2.43. The Morgan fingerprint density at radius 1 is 1.00 bits per heavy atom. The van der Waals surface area contributed by atoms with Crippen molar-refractivity contribution in [2.45, 2.75) is 0 Å². The smallest absolute Gasteiger partial charge is 0.336 e. The molecular weight excluding hydrogens is 230 g/mol. The van der Waals surface area contributed by atoms with E-state index in [-0.39, 0.29) is 5.56 Å². The first-order valence-electron chi connectivity index (χ1n) is 5.41. The maximum atomic E-state index is 11.2. The quantitative estimate of drug-likeness (QED) is 0.662. The average Bonchev–Trinajstić information content (AvgIpc) is 2.72. The molecule has 0 fully saturated rings. The highest BCUT2D eigenvalue weighted by molar-refractivity contribution is 6.26. The predicted molar refractivity (Wildman–Crippen MR) is 67.8 cm³/mol. The first-order valence-corrected chi connectivity index (χ1v) is 5.41. The van der Waals surface area contributed by atoms with Crippen LogP contribution in [0.4, 0.5) is 0 Å². The van der Waals surface area contributed by atoms with E-state index in [0.29, 0.717) is 22.4 Å². The summed E-state index contributed by atoms with van der Waals surface area (Å²) >= 11 is 0. The van der Waals surface area contributed by atoms with Gasteiger partial charge in [-0.2, -0.15) is 0 Å². The summed E-state index contributed by atoms with van der Waals surface area (Å²) < 4.78 is 0. The standard InChI is InChI=1S/C14H9NO3/c16-14(17)11-7-3-6-10-12(11)8-4-1-2-5-9(8)13(10)15-18/h1-7,18H,(H,16,17)/p-1/b15-13+. The Kier molecular flexibility index (Phi) is 2.16. The van der Waals surface area contributed by atoms with Gasteiger partial charge in [-0.3, -0.25) is 0 Å². The van der Waals surface area contributed by atoms with Crippen molar-refractivity contribution >= 4 is 11.7 Å². The lowest BCUT2D eigenvalue weighted by Gasteiger charge is -2.05. The Labute approximate surface area is 103 Å². The highest BCUT2D eigenvalue weighted by Crippen LogP contribution is 2.39. The molecule has 2 aromatic rings. The van der Waals surface area contributed by atoms with Gasteiger partial charge in [-0.05, 0) is 11.6 Å². The SMILES string of the molecule is O=C(O)c1cccc2c1-c1ccccc1/C2=N\[O-]. The minimum absolute atomic E-state index is 0.193. The Morgan fingerprint density at radius 2 is 1.67 bits per heavy atom. The van der Waals surface area contributed by atoms with Gasteiger partial charge in [-0.15, -0.1) is 0 Å². The summed E-state index contributed by atoms with van der Waals surface area (Å²) in [5.74, 6) is -1.01. The van der Waals surface area contributed by atoms with Gasteiger partial charge in [0.1, 0.15) is 0 Å². The predicted octanol–water partition coefficient (Wildman–Crippen LogP) is 2.70. The Hall–Kier alpha value is -2.62. The van der Waals surface area contributed by atoms with Crippen LogP contribution in [0.3, 0.4) is 0 Å². The van der Waals surface area contributed by atoms with Gasteiger partial charge in [0, 0.05) is 16.7 Å². The third-order valence-corrected chi connectivity index (χ3v) is 3.09. The van der Waals surface area contributed by atoms with E-state index in [1.54, 1.807) is 30.3 Å². The number of aromatic carboxylic acids is 1. The van der Waals surface area contributed by atoms with Crippen molar-refractivity contribution in [2.75, 3.05) is 0 Å². The second-order valence-electron chi connectivity index (χ2n) is 4.02. The van der Waals surface area contributed by atoms with Gasteiger partial charge in [-0.25, -0.2) is 4.79 Å². The van der Waals surface area contributed by atoms with E-state index in [2.05, 4.69) is 5.16 Å². The molecule has 88 valence electrons. The van der Waals surface area contributed by atoms with Gasteiger partial charge in [-0.1, -0.05) is 36.4 Å². The molecule has 0 saturated carbocycles. The minimum atomic E-state index is -1.01. The molecular formula is C14H8NO3-. The van der Waals surface area contributed by atoms with Crippen LogP contribution in [-0.4, -0.2) is 16.8 Å². The van der Waals surface area contributed by atoms with Gasteiger partial charge < -0.3 is 15.5 Å². The van der Waals surface area contributed by atoms with E-state index in [9.17, 15) is 15.1 Å². The number of carboxylic acid groups (broad SMARTS) is 1. The molecule has 3 rings (SSSR count). The zero-order valence-electron chi connectivity index (χ0n) is 9.25. The third kappa shape index (κ3) is 1.26. The normalized spacial score (nSPS) is 14.3. The van der Waals surface area contributed by atoms with Crippen molar-refractivity contribution in [3.05, 3.63) is 64.4 Å². The molecule has 0 unspecified atom stereocenters. The van der Waals surface area contributed by atoms with Crippen molar-refractivity contribution < 1.29 is 9.90 Å². The number of hydrogen-bond acceptors (Lipinski definition) is 3. The molecule has 1 N–H and O–H groups in total. The van der Waals surface area contributed by atoms with Gasteiger partial charge in [0.25, 0.3) is 0 Å². The lowest BCUT2D eigenvalue weighted by molar-refractivity contribution is 0.0698. The van der Waals surface area contributed by atoms with E-state index < -0.39 is 5.97 Å². The van der Waals surface area contributed by atoms with Crippen LogP contribution in [0, 0.1) is 5.21 Å². The molecule has 18 heavy (non-hydrogen) atoms. The molecule has 0 aromatic heterocycles. The number of hydrogen-bond donors (Lipinski definition) is 1. The molecule has 4 heteroatoms. The number of benzene rings is 2. The molecule has 0 atom stereocenters. The second kappa shape index (κ2) is 3.70. The molecule has 1 aliphatic carbocycles. The van der Waals surface area contributed by atoms with E-state index in [1.165, 1.54) is 6.07 Å². The highest BCUT2D eigenvalue weighted by atomic mass is 16.4. The van der Waals surface area contributed by atoms with Gasteiger partial charge >= 0.3 is 5.97 Å². The molecule has 2 aromatic carbocycles. The zero-order chi connectivity index (χ0) is 12.7. The lowest BCUT2D eigenvalue weighted by Crippen LogP contribution is -2.01. The van der Waals surface area contributed by atoms with Crippen LogP contribution < -0.4 is 0 Å². The van der Waals surface area contributed by atoms with Crippen LogP contribution in [0.2, 0.25) is 0 Å². The van der Waals surface area contributed by atoms with Crippen molar-refractivity contribution in [1.29, 1.82) is 0 Å². The second-order valence-corrected chi connectivity index (χ2v) is 4.02. The van der Waals surface area contributed by atoms with E-state index in [1.807, 2.05) is 6.07 Å². The van der Waals surface area contributed by atoms with Crippen LogP contribution in [0.1, 0.15) is 21.5 Å². The molecule has 0 spiro atoms. The summed E-state index contributed by atoms with van der Waals surface area (Å²) in [6, 6.07) is 12.1. The summed E-state index contributed by atoms with van der Waals surface area (Å²) in [4.78, 5) is 11.2. The van der Waals surface area contributed by atoms with E-state index in [0.717, 1.165) is 5.56 Å². The molecule has 0 aliphatic heterocycles. The van der Waals surface area contributed by atoms with Crippen molar-refractivity contribution in [2.24, 2.45) is 5.16 Å². The molecule has 0 heterocycles. The fraction of sp³-hybridized carbons (Fsp3) is 0. The summed E-state index contributed by atoms with van der Waals surface area (Å²) in [5, 5.41) is 23.2. The largest absolute Gasteiger partial charge is 0.791 e. The average molecular weight is 238 g/mol. The lowest BCUT2D eigenvalue weighted by atomic mass is 10.00. The van der Waals surface area contributed by atoms with Crippen LogP contribution in [0.15, 0.2) is 47.6 Å². The highest BCUT2D eigenvalue weighted by Gasteiger charge is 2.27. The van der Waals surface area contributed by atoms with Gasteiger partial charge in [0.2, 0.25) is 0 Å². The number of carbonyl (C=O) groups is 1. The third-order valence-electron chi connectivity index (χ3n) is 3.09. The Morgan fingerprint density at radius 3 is 2.33 bits per heavy atom. The van der Waals surface area contributed by atoms with Crippen molar-refractivity contribution in [1.82, 2.24) is 0 Å². The first kappa shape index (κ1) is 10.5. The molecule has 0 saturated heterocycles. The van der Waals surface area contributed by atoms with Crippen molar-refractivity contribution in [3.63, 3.8) is 0 Å². The topological polar surface area (TPSA) is 72.7 Å². The van der Waals surface area contributed by atoms with Crippen LogP contribution >= 0.6 is 0 Å². The van der Waals surface area contributed by atoms with E-state index in [4.69, 9.17) is 0 Å². The fourth-order valence-electron chi connectivity index (χ4n) is 2.37. The monoisotopic (exact) mass is 238 g/mol. The van der Waals surface area contributed by atoms with Crippen LogP contribution in [0.25, 0.3) is 11.1 Å². The summed E-state index contributed by atoms with van der Waals surface area (Å²) in [6.07, 6.45) is 0. The molecule has 0 amide bonds. The van der Waals surface area contributed by atoms with Crippen LogP contribution in [-0.2, 0) is 0 Å². The number of rotatable bonds is 1. The maximum absolute atomic E-state index is 11.2. The van der Waals surface area contributed by atoms with Crippen molar-refractivity contribution in [3.8, 4) is 11.1 Å².